The summed E-state index contributed by atoms with van der Waals surface area (Å²) >= 11 is 0. The van der Waals surface area contributed by atoms with Crippen LogP contribution in [0.15, 0.2) is 34.9 Å². The van der Waals surface area contributed by atoms with E-state index in [0.717, 1.165) is 12.8 Å². The van der Waals surface area contributed by atoms with Crippen molar-refractivity contribution in [1.82, 2.24) is 14.7 Å². The fourth-order valence-corrected chi connectivity index (χ4v) is 6.15. The van der Waals surface area contributed by atoms with Crippen LogP contribution in [0.2, 0.25) is 0 Å². The number of urea groups is 1. The molecule has 0 aliphatic carbocycles. The number of benzene rings is 1. The molecule has 4 aliphatic rings. The minimum Gasteiger partial charge on any atom is -0.367 e. The molecule has 2 saturated heterocycles. The summed E-state index contributed by atoms with van der Waals surface area (Å²) in [5.41, 5.74) is -0.126. The normalized spacial score (nSPS) is 25.1. The molecule has 3 atom stereocenters. The quantitative estimate of drug-likeness (QED) is 0.518. The van der Waals surface area contributed by atoms with Crippen LogP contribution in [0, 0.1) is 11.7 Å². The van der Waals surface area contributed by atoms with Gasteiger partial charge in [0.05, 0.1) is 16.9 Å². The van der Waals surface area contributed by atoms with Crippen LogP contribution in [0.25, 0.3) is 5.57 Å². The molecule has 0 bridgehead atoms. The molecule has 0 spiro atoms. The summed E-state index contributed by atoms with van der Waals surface area (Å²) in [5, 5.41) is 2.60. The van der Waals surface area contributed by atoms with Crippen molar-refractivity contribution in [1.29, 1.82) is 0 Å². The van der Waals surface area contributed by atoms with Gasteiger partial charge in [-0.2, -0.15) is 13.2 Å². The first-order chi connectivity index (χ1) is 20.3. The number of hydrogen-bond acceptors (Lipinski definition) is 5. The number of nitrogens with zero attached hydrogens (tertiary/aromatic N) is 5. The number of alkyl halides is 3. The highest BCUT2D eigenvalue weighted by Crippen LogP contribution is 2.38. The van der Waals surface area contributed by atoms with E-state index < -0.39 is 35.3 Å². The SMILES string of the molecule is C[C@@H]1CN(c2cc(F)c(C3=CCCN(C(=O)N4CCCC4)C3)cc2NC(=O)C2C=NC(=O)C=C2C(F)(F)F)C[C@H](C)N1C. The van der Waals surface area contributed by atoms with Crippen molar-refractivity contribution in [2.45, 2.75) is 51.4 Å². The second-order valence-corrected chi connectivity index (χ2v) is 11.7. The zero-order valence-corrected chi connectivity index (χ0v) is 24.5. The third-order valence-electron chi connectivity index (χ3n) is 8.76. The van der Waals surface area contributed by atoms with Gasteiger partial charge in [-0.15, -0.1) is 0 Å². The molecule has 1 N–H and O–H groups in total. The molecule has 0 radical (unpaired) electrons. The first-order valence-corrected chi connectivity index (χ1v) is 14.5. The van der Waals surface area contributed by atoms with Crippen LogP contribution >= 0.6 is 0 Å². The summed E-state index contributed by atoms with van der Waals surface area (Å²) in [6, 6.07) is 2.80. The van der Waals surface area contributed by atoms with E-state index in [1.807, 2.05) is 31.9 Å². The lowest BCUT2D eigenvalue weighted by Gasteiger charge is -2.44. The molecule has 43 heavy (non-hydrogen) atoms. The van der Waals surface area contributed by atoms with E-state index in [0.29, 0.717) is 62.7 Å². The third kappa shape index (κ3) is 6.46. The van der Waals surface area contributed by atoms with E-state index in [1.54, 1.807) is 9.80 Å². The van der Waals surface area contributed by atoms with E-state index in [4.69, 9.17) is 0 Å². The second-order valence-electron chi connectivity index (χ2n) is 11.7. The first-order valence-electron chi connectivity index (χ1n) is 14.5. The Hall–Kier alpha value is -3.74. The number of carbonyl (C=O) groups excluding carboxylic acids is 3. The van der Waals surface area contributed by atoms with Crippen molar-refractivity contribution in [2.24, 2.45) is 10.9 Å². The van der Waals surface area contributed by atoms with E-state index in [9.17, 15) is 27.6 Å². The van der Waals surface area contributed by atoms with Crippen molar-refractivity contribution < 1.29 is 31.9 Å². The topological polar surface area (TPSA) is 88.6 Å². The number of nitrogens with one attached hydrogen (secondary N) is 1. The van der Waals surface area contributed by atoms with E-state index in [2.05, 4.69) is 15.2 Å². The maximum Gasteiger partial charge on any atom is 0.414 e. The fraction of sp³-hybridized carbons (Fsp3) is 0.533. The zero-order valence-electron chi connectivity index (χ0n) is 24.5. The molecule has 0 saturated carbocycles. The number of piperazine rings is 1. The molecule has 1 aromatic carbocycles. The molecule has 9 nitrogen and oxygen atoms in total. The van der Waals surface area contributed by atoms with Gasteiger partial charge in [0.2, 0.25) is 5.91 Å². The standard InChI is InChI=1S/C30H36F4N6O3/c1-18-15-40(16-19(2)37(18)3)26-13-24(31)21(20-7-6-10-39(17-20)29(43)38-8-4-5-9-38)11-25(26)36-28(42)22-14-35-27(41)12-23(22)30(32,33)34/h7,11-14,18-19,22H,4-6,8-10,15-17H2,1-3H3,(H,36,42)/t18-,19+,22?. The molecule has 13 heteroatoms. The predicted molar refractivity (Wildman–Crippen MR) is 155 cm³/mol. The number of rotatable bonds is 4. The van der Waals surface area contributed by atoms with Gasteiger partial charge in [0.1, 0.15) is 11.7 Å². The number of dihydropyridines is 1. The van der Waals surface area contributed by atoms with Crippen LogP contribution in [0.5, 0.6) is 0 Å². The maximum absolute atomic E-state index is 15.9. The van der Waals surface area contributed by atoms with Crippen molar-refractivity contribution in [3.05, 3.63) is 41.2 Å². The number of likely N-dealkylation sites (tertiary alicyclic amines) is 1. The summed E-state index contributed by atoms with van der Waals surface area (Å²) in [7, 11) is 1.98. The van der Waals surface area contributed by atoms with Gasteiger partial charge < -0.3 is 20.0 Å². The fourth-order valence-electron chi connectivity index (χ4n) is 6.15. The molecule has 4 aliphatic heterocycles. The summed E-state index contributed by atoms with van der Waals surface area (Å²) in [5.74, 6) is -4.56. The Morgan fingerprint density at radius 2 is 1.70 bits per heavy atom. The Morgan fingerprint density at radius 3 is 2.35 bits per heavy atom. The molecule has 2 fully saturated rings. The second kappa shape index (κ2) is 12.1. The number of anilines is 2. The smallest absolute Gasteiger partial charge is 0.367 e. The highest BCUT2D eigenvalue weighted by atomic mass is 19.4. The summed E-state index contributed by atoms with van der Waals surface area (Å²) in [6.45, 7) is 7.04. The molecule has 232 valence electrons. The van der Waals surface area contributed by atoms with Crippen LogP contribution < -0.4 is 10.2 Å². The largest absolute Gasteiger partial charge is 0.414 e. The molecule has 5 rings (SSSR count). The number of hydrogen-bond donors (Lipinski definition) is 1. The molecular weight excluding hydrogens is 568 g/mol. The molecule has 1 unspecified atom stereocenters. The summed E-state index contributed by atoms with van der Waals surface area (Å²) in [4.78, 5) is 49.0. The van der Waals surface area contributed by atoms with Gasteiger partial charge in [0, 0.05) is 69.2 Å². The third-order valence-corrected chi connectivity index (χ3v) is 8.76. The Morgan fingerprint density at radius 1 is 1.02 bits per heavy atom. The molecule has 1 aromatic rings. The number of carbonyl (C=O) groups is 3. The van der Waals surface area contributed by atoms with Gasteiger partial charge in [0.25, 0.3) is 5.91 Å². The Balaban J connectivity index is 1.49. The van der Waals surface area contributed by atoms with Crippen LogP contribution in [0.1, 0.15) is 38.7 Å². The number of halogens is 4. The van der Waals surface area contributed by atoms with Crippen LogP contribution in [0.3, 0.4) is 0 Å². The van der Waals surface area contributed by atoms with Crippen molar-refractivity contribution in [3.63, 3.8) is 0 Å². The van der Waals surface area contributed by atoms with Crippen molar-refractivity contribution in [2.75, 3.05) is 56.5 Å². The van der Waals surface area contributed by atoms with Crippen LogP contribution in [0.4, 0.5) is 33.7 Å². The van der Waals surface area contributed by atoms with Gasteiger partial charge >= 0.3 is 12.2 Å². The highest BCUT2D eigenvalue weighted by Gasteiger charge is 2.43. The number of likely N-dealkylation sites (N-methyl/N-ethyl adjacent to an activating group) is 1. The number of amides is 4. The van der Waals surface area contributed by atoms with Gasteiger partial charge in [-0.1, -0.05) is 6.08 Å². The van der Waals surface area contributed by atoms with Gasteiger partial charge in [-0.3, -0.25) is 14.5 Å². The average Bonchev–Trinajstić information content (AvgIpc) is 3.50. The zero-order chi connectivity index (χ0) is 31.1. The highest BCUT2D eigenvalue weighted by molar-refractivity contribution is 6.11. The van der Waals surface area contributed by atoms with Gasteiger partial charge in [0.15, 0.2) is 0 Å². The van der Waals surface area contributed by atoms with Gasteiger partial charge in [-0.05, 0) is 57.9 Å². The predicted octanol–water partition coefficient (Wildman–Crippen LogP) is 4.31. The van der Waals surface area contributed by atoms with Crippen molar-refractivity contribution in [3.8, 4) is 0 Å². The van der Waals surface area contributed by atoms with Gasteiger partial charge in [-0.25, -0.2) is 14.2 Å². The monoisotopic (exact) mass is 604 g/mol. The molecule has 0 aromatic heterocycles. The van der Waals surface area contributed by atoms with Crippen LogP contribution in [-0.2, 0) is 9.59 Å². The maximum atomic E-state index is 15.9. The summed E-state index contributed by atoms with van der Waals surface area (Å²) in [6.07, 6.45) is 0.326. The van der Waals surface area contributed by atoms with Crippen molar-refractivity contribution >= 4 is 41.0 Å². The van der Waals surface area contributed by atoms with Crippen LogP contribution in [-0.4, -0.2) is 103 Å². The Bertz CT molecular complexity index is 1370. The Kier molecular flexibility index (Phi) is 8.64. The summed E-state index contributed by atoms with van der Waals surface area (Å²) < 4.78 is 57.2. The minimum atomic E-state index is -4.93. The lowest BCUT2D eigenvalue weighted by atomic mass is 9.95. The average molecular weight is 605 g/mol. The molecular formula is C30H36F4N6O3. The van der Waals surface area contributed by atoms with E-state index in [1.165, 1.54) is 12.1 Å². The number of aliphatic imine (C=N–C) groups is 1. The Labute approximate surface area is 247 Å². The minimum absolute atomic E-state index is 0.0810. The lowest BCUT2D eigenvalue weighted by molar-refractivity contribution is -0.124. The van der Waals surface area contributed by atoms with E-state index in [-0.39, 0.29) is 35.9 Å². The molecule has 4 amide bonds. The molecule has 4 heterocycles. The van der Waals surface area contributed by atoms with E-state index >= 15 is 4.39 Å². The first kappa shape index (κ1) is 30.7. The lowest BCUT2D eigenvalue weighted by Crippen LogP contribution is -2.55.